The number of hydrogen-bond donors (Lipinski definition) is 1. The molecule has 8 heteroatoms. The van der Waals surface area contributed by atoms with E-state index in [1.807, 2.05) is 0 Å². The van der Waals surface area contributed by atoms with Crippen molar-refractivity contribution >= 4 is 17.9 Å². The zero-order valence-electron chi connectivity index (χ0n) is 9.71. The van der Waals surface area contributed by atoms with E-state index in [4.69, 9.17) is 17.0 Å². The van der Waals surface area contributed by atoms with Gasteiger partial charge in [-0.25, -0.2) is 0 Å². The molecule has 0 atom stereocenters. The van der Waals surface area contributed by atoms with Gasteiger partial charge in [-0.05, 0) is 24.4 Å². The molecule has 0 saturated heterocycles. The van der Waals surface area contributed by atoms with Gasteiger partial charge in [-0.1, -0.05) is 0 Å². The summed E-state index contributed by atoms with van der Waals surface area (Å²) in [4.78, 5) is 10.3. The molecule has 0 aliphatic rings. The average Bonchev–Trinajstić information content (AvgIpc) is 2.69. The Morgan fingerprint density at radius 3 is 2.78 bits per heavy atom. The van der Waals surface area contributed by atoms with E-state index in [2.05, 4.69) is 10.2 Å². The van der Waals surface area contributed by atoms with Crippen LogP contribution in [0.15, 0.2) is 18.2 Å². The Morgan fingerprint density at radius 1 is 1.56 bits per heavy atom. The highest BCUT2D eigenvalue weighted by atomic mass is 32.1. The van der Waals surface area contributed by atoms with Crippen molar-refractivity contribution in [2.45, 2.75) is 0 Å². The third kappa shape index (κ3) is 1.97. The Bertz CT molecular complexity index is 661. The fraction of sp³-hybridized carbons (Fsp3) is 0.200. The first-order chi connectivity index (χ1) is 8.54. The Hall–Kier alpha value is -2.22. The second-order valence-electron chi connectivity index (χ2n) is 3.56. The van der Waals surface area contributed by atoms with E-state index in [0.717, 1.165) is 0 Å². The van der Waals surface area contributed by atoms with Crippen molar-refractivity contribution < 1.29 is 9.66 Å². The minimum Gasteiger partial charge on any atom is -0.490 e. The number of aromatic amines is 1. The molecule has 0 aliphatic heterocycles. The molecule has 7 nitrogen and oxygen atoms in total. The predicted molar refractivity (Wildman–Crippen MR) is 67.0 cm³/mol. The first kappa shape index (κ1) is 12.2. The molecule has 1 aromatic heterocycles. The number of aromatic nitrogens is 3. The van der Waals surface area contributed by atoms with Gasteiger partial charge in [0.05, 0.1) is 12.0 Å². The van der Waals surface area contributed by atoms with Crippen LogP contribution in [0.1, 0.15) is 0 Å². The van der Waals surface area contributed by atoms with E-state index in [0.29, 0.717) is 16.2 Å². The fourth-order valence-electron chi connectivity index (χ4n) is 1.57. The molecule has 1 N–H and O–H groups in total. The number of ether oxygens (including phenoxy) is 1. The van der Waals surface area contributed by atoms with E-state index < -0.39 is 4.92 Å². The van der Waals surface area contributed by atoms with E-state index in [1.54, 1.807) is 23.7 Å². The third-order valence-electron chi connectivity index (χ3n) is 2.51. The van der Waals surface area contributed by atoms with Gasteiger partial charge in [-0.2, -0.15) is 5.10 Å². The van der Waals surface area contributed by atoms with Gasteiger partial charge >= 0.3 is 5.69 Å². The summed E-state index contributed by atoms with van der Waals surface area (Å²) >= 11 is 5.01. The highest BCUT2D eigenvalue weighted by Gasteiger charge is 2.16. The third-order valence-corrected chi connectivity index (χ3v) is 2.88. The van der Waals surface area contributed by atoms with Gasteiger partial charge in [-0.15, -0.1) is 0 Å². The van der Waals surface area contributed by atoms with Crippen LogP contribution < -0.4 is 4.74 Å². The number of nitrogens with one attached hydrogen (secondary N) is 1. The van der Waals surface area contributed by atoms with Crippen LogP contribution in [0.3, 0.4) is 0 Å². The highest BCUT2D eigenvalue weighted by Crippen LogP contribution is 2.31. The maximum absolute atomic E-state index is 10.8. The minimum atomic E-state index is -0.494. The number of methoxy groups -OCH3 is 1. The van der Waals surface area contributed by atoms with Crippen LogP contribution >= 0.6 is 12.2 Å². The monoisotopic (exact) mass is 266 g/mol. The number of benzene rings is 1. The number of nitro benzene ring substituents is 1. The van der Waals surface area contributed by atoms with Crippen LogP contribution in [0.5, 0.6) is 5.75 Å². The normalized spacial score (nSPS) is 10.3. The van der Waals surface area contributed by atoms with Gasteiger partial charge < -0.3 is 9.30 Å². The molecule has 0 spiro atoms. The summed E-state index contributed by atoms with van der Waals surface area (Å²) < 4.78 is 7.15. The molecule has 0 amide bonds. The van der Waals surface area contributed by atoms with Crippen molar-refractivity contribution in [1.82, 2.24) is 14.8 Å². The summed E-state index contributed by atoms with van der Waals surface area (Å²) in [6.45, 7) is 0. The Balaban J connectivity index is 2.57. The fourth-order valence-corrected chi connectivity index (χ4v) is 1.70. The van der Waals surface area contributed by atoms with Crippen LogP contribution in [0.4, 0.5) is 5.69 Å². The van der Waals surface area contributed by atoms with Crippen molar-refractivity contribution in [3.8, 4) is 17.1 Å². The van der Waals surface area contributed by atoms with Crippen LogP contribution in [0, 0.1) is 14.9 Å². The second-order valence-corrected chi connectivity index (χ2v) is 3.94. The minimum absolute atomic E-state index is 0.0852. The number of hydrogen-bond acceptors (Lipinski definition) is 5. The lowest BCUT2D eigenvalue weighted by Gasteiger charge is -2.04. The zero-order valence-corrected chi connectivity index (χ0v) is 10.5. The van der Waals surface area contributed by atoms with Gasteiger partial charge in [0.15, 0.2) is 16.3 Å². The van der Waals surface area contributed by atoms with E-state index in [9.17, 15) is 10.1 Å². The smallest absolute Gasteiger partial charge is 0.310 e. The summed E-state index contributed by atoms with van der Waals surface area (Å²) in [6, 6.07) is 4.54. The molecule has 94 valence electrons. The number of nitrogens with zero attached hydrogens (tertiary/aromatic N) is 3. The Morgan fingerprint density at radius 2 is 2.28 bits per heavy atom. The standard InChI is InChI=1S/C10H10N4O3S/c1-13-9(11-12-10(13)18)6-3-4-7(14(15)16)8(5-6)17-2/h3-5H,1-2H3,(H,12,18). The summed E-state index contributed by atoms with van der Waals surface area (Å²) in [5.41, 5.74) is 0.602. The van der Waals surface area contributed by atoms with Crippen molar-refractivity contribution in [3.63, 3.8) is 0 Å². The quantitative estimate of drug-likeness (QED) is 0.522. The van der Waals surface area contributed by atoms with Gasteiger partial charge in [0.25, 0.3) is 0 Å². The maximum atomic E-state index is 10.8. The first-order valence-corrected chi connectivity index (χ1v) is 5.39. The molecule has 2 aromatic rings. The van der Waals surface area contributed by atoms with Crippen LogP contribution in [-0.4, -0.2) is 26.8 Å². The molecule has 18 heavy (non-hydrogen) atoms. The Kier molecular flexibility index (Phi) is 3.11. The molecule has 2 rings (SSSR count). The maximum Gasteiger partial charge on any atom is 0.310 e. The first-order valence-electron chi connectivity index (χ1n) is 4.98. The van der Waals surface area contributed by atoms with Gasteiger partial charge in [0.2, 0.25) is 0 Å². The van der Waals surface area contributed by atoms with Gasteiger partial charge in [0, 0.05) is 18.7 Å². The van der Waals surface area contributed by atoms with E-state index in [-0.39, 0.29) is 11.4 Å². The second kappa shape index (κ2) is 4.57. The van der Waals surface area contributed by atoms with Crippen molar-refractivity contribution in [2.24, 2.45) is 7.05 Å². The van der Waals surface area contributed by atoms with Crippen molar-refractivity contribution in [3.05, 3.63) is 33.1 Å². The number of rotatable bonds is 3. The number of H-pyrrole nitrogens is 1. The molecule has 0 bridgehead atoms. The molecule has 1 aromatic carbocycles. The molecule has 0 saturated carbocycles. The summed E-state index contributed by atoms with van der Waals surface area (Å²) in [5.74, 6) is 0.777. The largest absolute Gasteiger partial charge is 0.490 e. The predicted octanol–water partition coefficient (Wildman–Crippen LogP) is 2.06. The Labute approximate surface area is 107 Å². The van der Waals surface area contributed by atoms with Crippen molar-refractivity contribution in [2.75, 3.05) is 7.11 Å². The summed E-state index contributed by atoms with van der Waals surface area (Å²) in [6.07, 6.45) is 0. The molecule has 1 heterocycles. The molecule has 0 fully saturated rings. The van der Waals surface area contributed by atoms with E-state index in [1.165, 1.54) is 13.2 Å². The topological polar surface area (TPSA) is 86.0 Å². The zero-order chi connectivity index (χ0) is 13.3. The number of nitro groups is 1. The summed E-state index contributed by atoms with van der Waals surface area (Å²) in [5, 5.41) is 17.5. The average molecular weight is 266 g/mol. The summed E-state index contributed by atoms with van der Waals surface area (Å²) in [7, 11) is 3.14. The lowest BCUT2D eigenvalue weighted by molar-refractivity contribution is -0.385. The molecule has 0 radical (unpaired) electrons. The van der Waals surface area contributed by atoms with Gasteiger partial charge in [-0.3, -0.25) is 15.2 Å². The van der Waals surface area contributed by atoms with Crippen LogP contribution in [0.2, 0.25) is 0 Å². The van der Waals surface area contributed by atoms with Crippen LogP contribution in [0.25, 0.3) is 11.4 Å². The molecular formula is C10H10N4O3S. The van der Waals surface area contributed by atoms with Gasteiger partial charge in [0.1, 0.15) is 0 Å². The van der Waals surface area contributed by atoms with E-state index >= 15 is 0 Å². The molecular weight excluding hydrogens is 256 g/mol. The molecule has 0 unspecified atom stereocenters. The lowest BCUT2D eigenvalue weighted by atomic mass is 10.2. The highest BCUT2D eigenvalue weighted by molar-refractivity contribution is 7.71. The van der Waals surface area contributed by atoms with Crippen LogP contribution in [-0.2, 0) is 7.05 Å². The SMILES string of the molecule is COc1cc(-c2n[nH]c(=S)n2C)ccc1[N+](=O)[O-]. The lowest BCUT2D eigenvalue weighted by Crippen LogP contribution is -1.96. The van der Waals surface area contributed by atoms with Crippen molar-refractivity contribution in [1.29, 1.82) is 0 Å². The molecule has 0 aliphatic carbocycles.